The Morgan fingerprint density at radius 1 is 0.913 bits per heavy atom. The van der Waals surface area contributed by atoms with Crippen LogP contribution in [0, 0.1) is 5.92 Å². The van der Waals surface area contributed by atoms with Crippen LogP contribution in [0.5, 0.6) is 0 Å². The zero-order chi connectivity index (χ0) is 16.1. The van der Waals surface area contributed by atoms with Crippen molar-refractivity contribution < 1.29 is 36.4 Å². The van der Waals surface area contributed by atoms with E-state index < -0.39 is 0 Å². The van der Waals surface area contributed by atoms with Crippen molar-refractivity contribution in [1.29, 1.82) is 0 Å². The van der Waals surface area contributed by atoms with Gasteiger partial charge in [0, 0.05) is 68.2 Å². The van der Waals surface area contributed by atoms with Crippen molar-refractivity contribution in [3.05, 3.63) is 44.5 Å². The topological polar surface area (TPSA) is 40.5 Å². The first kappa shape index (κ1) is 21.4. The van der Waals surface area contributed by atoms with Crippen molar-refractivity contribution in [3.63, 3.8) is 0 Å². The Bertz CT molecular complexity index is 499. The third kappa shape index (κ3) is 5.16. The van der Waals surface area contributed by atoms with Crippen LogP contribution in [0.15, 0.2) is 44.5 Å². The van der Waals surface area contributed by atoms with Gasteiger partial charge in [0.25, 0.3) is 0 Å². The van der Waals surface area contributed by atoms with Crippen molar-refractivity contribution in [3.8, 4) is 0 Å². The van der Waals surface area contributed by atoms with Crippen LogP contribution in [-0.2, 0) is 26.2 Å². The van der Waals surface area contributed by atoms with Gasteiger partial charge in [-0.3, -0.25) is 0 Å². The SMILES string of the molecule is CC(C1=CCC(Cl)=C1CCCO)C1=CCC(Cl)=C1CCCO.[Zr]. The average Bonchev–Trinajstić information content (AvgIpc) is 3.06. The number of aliphatic hydroxyl groups excluding tert-OH is 2. The summed E-state index contributed by atoms with van der Waals surface area (Å²) in [5, 5.41) is 20.0. The molecule has 5 heteroatoms. The number of allylic oxidation sites excluding steroid dienone is 8. The number of hydrogen-bond donors (Lipinski definition) is 2. The normalized spacial score (nSPS) is 17.8. The molecule has 0 atom stereocenters. The maximum absolute atomic E-state index is 9.08. The molecule has 2 N–H and O–H groups in total. The minimum absolute atomic E-state index is 0. The third-order valence-electron chi connectivity index (χ3n) is 4.46. The van der Waals surface area contributed by atoms with Crippen molar-refractivity contribution in [1.82, 2.24) is 0 Å². The van der Waals surface area contributed by atoms with Crippen molar-refractivity contribution >= 4 is 23.2 Å². The molecule has 0 spiro atoms. The number of halogens is 2. The van der Waals surface area contributed by atoms with E-state index in [1.807, 2.05) is 0 Å². The molecule has 2 rings (SSSR count). The van der Waals surface area contributed by atoms with E-state index in [2.05, 4.69) is 19.1 Å². The summed E-state index contributed by atoms with van der Waals surface area (Å²) in [5.41, 5.74) is 4.93. The molecule has 0 aromatic carbocycles. The standard InChI is InChI=1S/C18H24Cl2O2.Zr/c1-12(13-6-8-17(19)15(13)4-2-10-21)14-7-9-18(20)16(14)5-3-11-22;/h6-7,12,21-22H,2-5,8-11H2,1H3;. The third-order valence-corrected chi connectivity index (χ3v) is 5.22. The van der Waals surface area contributed by atoms with E-state index in [1.165, 1.54) is 22.3 Å². The molecule has 0 aliphatic heterocycles. The molecule has 0 unspecified atom stereocenters. The fraction of sp³-hybridized carbons (Fsp3) is 0.556. The molecular formula is C18H24Cl2O2Zr. The van der Waals surface area contributed by atoms with E-state index in [1.54, 1.807) is 0 Å². The van der Waals surface area contributed by atoms with Crippen LogP contribution < -0.4 is 0 Å². The average molecular weight is 435 g/mol. The van der Waals surface area contributed by atoms with E-state index in [9.17, 15) is 0 Å². The minimum Gasteiger partial charge on any atom is -0.396 e. The summed E-state index contributed by atoms with van der Waals surface area (Å²) in [7, 11) is 0. The first-order valence-corrected chi connectivity index (χ1v) is 8.73. The van der Waals surface area contributed by atoms with Crippen LogP contribution >= 0.6 is 23.2 Å². The Labute approximate surface area is 168 Å². The van der Waals surface area contributed by atoms with Gasteiger partial charge in [-0.1, -0.05) is 42.3 Å². The number of hydrogen-bond acceptors (Lipinski definition) is 2. The summed E-state index contributed by atoms with van der Waals surface area (Å²) in [6.45, 7) is 2.57. The molecule has 0 fully saturated rings. The van der Waals surface area contributed by atoms with Crippen molar-refractivity contribution in [2.45, 2.75) is 45.4 Å². The molecule has 0 saturated carbocycles. The Kier molecular flexibility index (Phi) is 9.63. The Balaban J connectivity index is 0.00000264. The molecule has 0 bridgehead atoms. The zero-order valence-corrected chi connectivity index (χ0v) is 17.5. The van der Waals surface area contributed by atoms with Gasteiger partial charge in [0.1, 0.15) is 0 Å². The van der Waals surface area contributed by atoms with Gasteiger partial charge in [0.2, 0.25) is 0 Å². The summed E-state index contributed by atoms with van der Waals surface area (Å²) in [6, 6.07) is 0. The van der Waals surface area contributed by atoms with Gasteiger partial charge in [0.15, 0.2) is 0 Å². The van der Waals surface area contributed by atoms with E-state index >= 15 is 0 Å². The largest absolute Gasteiger partial charge is 0.396 e. The summed E-state index contributed by atoms with van der Waals surface area (Å²) < 4.78 is 0. The fourth-order valence-corrected chi connectivity index (χ4v) is 3.88. The van der Waals surface area contributed by atoms with Crippen LogP contribution in [0.25, 0.3) is 0 Å². The molecule has 0 saturated heterocycles. The van der Waals surface area contributed by atoms with E-state index in [-0.39, 0.29) is 45.3 Å². The molecule has 2 aliphatic carbocycles. The predicted octanol–water partition coefficient (Wildman–Crippen LogP) is 4.81. The second-order valence-corrected chi connectivity index (χ2v) is 6.78. The van der Waals surface area contributed by atoms with Gasteiger partial charge in [-0.15, -0.1) is 0 Å². The molecule has 0 aromatic heterocycles. The maximum atomic E-state index is 9.08. The van der Waals surface area contributed by atoms with E-state index in [0.29, 0.717) is 0 Å². The quantitative estimate of drug-likeness (QED) is 0.576. The number of aliphatic hydroxyl groups is 2. The second kappa shape index (κ2) is 10.4. The Morgan fingerprint density at radius 2 is 1.30 bits per heavy atom. The molecule has 126 valence electrons. The molecule has 0 aromatic rings. The monoisotopic (exact) mass is 432 g/mol. The predicted molar refractivity (Wildman–Crippen MR) is 93.0 cm³/mol. The summed E-state index contributed by atoms with van der Waals surface area (Å²) in [5.74, 6) is 0.259. The van der Waals surface area contributed by atoms with Gasteiger partial charge < -0.3 is 10.2 Å². The van der Waals surface area contributed by atoms with Crippen LogP contribution in [-0.4, -0.2) is 23.4 Å². The van der Waals surface area contributed by atoms with E-state index in [4.69, 9.17) is 33.4 Å². The van der Waals surface area contributed by atoms with Gasteiger partial charge in [-0.25, -0.2) is 0 Å². The number of rotatable bonds is 8. The smallest absolute Gasteiger partial charge is 0.0434 e. The molecular weight excluding hydrogens is 410 g/mol. The van der Waals surface area contributed by atoms with Gasteiger partial charge in [0.05, 0.1) is 0 Å². The van der Waals surface area contributed by atoms with Crippen LogP contribution in [0.3, 0.4) is 0 Å². The van der Waals surface area contributed by atoms with Crippen LogP contribution in [0.1, 0.15) is 45.4 Å². The molecule has 0 amide bonds. The van der Waals surface area contributed by atoms with Crippen LogP contribution in [0.2, 0.25) is 0 Å². The van der Waals surface area contributed by atoms with Crippen LogP contribution in [0.4, 0.5) is 0 Å². The molecule has 23 heavy (non-hydrogen) atoms. The first-order chi connectivity index (χ1) is 10.6. The minimum atomic E-state index is 0. The molecule has 2 aliphatic rings. The van der Waals surface area contributed by atoms with Gasteiger partial charge in [-0.05, 0) is 48.0 Å². The summed E-state index contributed by atoms with van der Waals surface area (Å²) in [4.78, 5) is 0. The first-order valence-electron chi connectivity index (χ1n) is 7.97. The van der Waals surface area contributed by atoms with Gasteiger partial charge >= 0.3 is 0 Å². The Hall–Kier alpha value is 0.343. The molecule has 0 heterocycles. The maximum Gasteiger partial charge on any atom is 0.0434 e. The van der Waals surface area contributed by atoms with E-state index in [0.717, 1.165) is 48.6 Å². The Morgan fingerprint density at radius 3 is 1.65 bits per heavy atom. The van der Waals surface area contributed by atoms with Crippen molar-refractivity contribution in [2.24, 2.45) is 5.92 Å². The second-order valence-electron chi connectivity index (χ2n) is 5.87. The van der Waals surface area contributed by atoms with Crippen molar-refractivity contribution in [2.75, 3.05) is 13.2 Å². The van der Waals surface area contributed by atoms with Gasteiger partial charge in [-0.2, -0.15) is 0 Å². The molecule has 0 radical (unpaired) electrons. The summed E-state index contributed by atoms with van der Waals surface area (Å²) in [6.07, 6.45) is 9.11. The summed E-state index contributed by atoms with van der Waals surface area (Å²) >= 11 is 12.7. The molecule has 2 nitrogen and oxygen atoms in total. The zero-order valence-electron chi connectivity index (χ0n) is 13.5. The fourth-order valence-electron chi connectivity index (χ4n) is 3.32.